The van der Waals surface area contributed by atoms with Crippen LogP contribution in [0.25, 0.3) is 10.8 Å². The van der Waals surface area contributed by atoms with E-state index < -0.39 is 22.5 Å². The molecule has 1 aliphatic heterocycles. The van der Waals surface area contributed by atoms with Gasteiger partial charge in [-0.15, -0.1) is 0 Å². The van der Waals surface area contributed by atoms with Crippen LogP contribution in [0.5, 0.6) is 0 Å². The highest BCUT2D eigenvalue weighted by atomic mass is 35.5. The van der Waals surface area contributed by atoms with E-state index in [1.807, 2.05) is 12.1 Å². The number of amides is 1. The molecule has 1 aliphatic rings. The van der Waals surface area contributed by atoms with Crippen LogP contribution in [0.2, 0.25) is 5.02 Å². The summed E-state index contributed by atoms with van der Waals surface area (Å²) in [5.74, 6) is -0.882. The van der Waals surface area contributed by atoms with Crippen molar-refractivity contribution >= 4 is 55.5 Å². The van der Waals surface area contributed by atoms with E-state index in [2.05, 4.69) is 5.32 Å². The third-order valence-electron chi connectivity index (χ3n) is 5.50. The lowest BCUT2D eigenvalue weighted by Crippen LogP contribution is -2.35. The van der Waals surface area contributed by atoms with Crippen LogP contribution in [-0.2, 0) is 14.8 Å². The van der Waals surface area contributed by atoms with Crippen LogP contribution in [0.15, 0.2) is 89.8 Å². The van der Waals surface area contributed by atoms with E-state index in [1.54, 1.807) is 54.6 Å². The molecule has 4 aromatic carbocycles. The molecule has 0 aromatic heterocycles. The van der Waals surface area contributed by atoms with Crippen LogP contribution in [0.4, 0.5) is 11.4 Å². The number of sulfonamides is 1. The second-order valence-corrected chi connectivity index (χ2v) is 9.84. The van der Waals surface area contributed by atoms with Gasteiger partial charge in [-0.2, -0.15) is 0 Å². The number of nitrogens with one attached hydrogen (secondary N) is 1. The van der Waals surface area contributed by atoms with Crippen molar-refractivity contribution in [3.8, 4) is 0 Å². The quantitative estimate of drug-likeness (QED) is 0.416. The van der Waals surface area contributed by atoms with E-state index in [4.69, 9.17) is 11.6 Å². The number of anilines is 2. The van der Waals surface area contributed by atoms with Crippen LogP contribution < -0.4 is 9.62 Å². The average Bonchev–Trinajstić information content (AvgIpc) is 3.03. The highest BCUT2D eigenvalue weighted by Crippen LogP contribution is 2.41. The van der Waals surface area contributed by atoms with Crippen molar-refractivity contribution in [3.63, 3.8) is 0 Å². The highest BCUT2D eigenvalue weighted by Gasteiger charge is 2.36. The fourth-order valence-electron chi connectivity index (χ4n) is 4.01. The largest absolute Gasteiger partial charge is 0.324 e. The van der Waals surface area contributed by atoms with Crippen molar-refractivity contribution in [1.82, 2.24) is 0 Å². The third kappa shape index (κ3) is 3.65. The molecule has 8 heteroatoms. The molecule has 164 valence electrons. The van der Waals surface area contributed by atoms with Gasteiger partial charge in [0.15, 0.2) is 5.78 Å². The van der Waals surface area contributed by atoms with Crippen molar-refractivity contribution in [1.29, 1.82) is 0 Å². The molecule has 0 radical (unpaired) electrons. The summed E-state index contributed by atoms with van der Waals surface area (Å²) in [5.41, 5.74) is 1.37. The molecule has 33 heavy (non-hydrogen) atoms. The van der Waals surface area contributed by atoms with Crippen molar-refractivity contribution in [2.45, 2.75) is 4.90 Å². The number of hydrogen-bond acceptors (Lipinski definition) is 4. The first-order valence-electron chi connectivity index (χ1n) is 10.1. The number of benzene rings is 4. The van der Waals surface area contributed by atoms with E-state index in [9.17, 15) is 18.0 Å². The van der Waals surface area contributed by atoms with Crippen LogP contribution >= 0.6 is 11.6 Å². The van der Waals surface area contributed by atoms with Crippen LogP contribution in [0.1, 0.15) is 15.9 Å². The Morgan fingerprint density at radius 3 is 2.36 bits per heavy atom. The number of rotatable bonds is 5. The number of halogens is 1. The standard InChI is InChI=1S/C25H17ClN2O4S/c26-18-12-13-20(19(14-18)25(30)17-6-2-1-3-7-17)27-23(29)15-28-21-10-4-8-16-9-5-11-22(24(16)21)33(28,31)32/h1-14H,15H2,(H,27,29). The zero-order valence-electron chi connectivity index (χ0n) is 17.2. The Labute approximate surface area is 195 Å². The topological polar surface area (TPSA) is 83.6 Å². The van der Waals surface area contributed by atoms with Gasteiger partial charge in [0.05, 0.1) is 16.3 Å². The van der Waals surface area contributed by atoms with Gasteiger partial charge in [0, 0.05) is 21.5 Å². The van der Waals surface area contributed by atoms with Gasteiger partial charge in [-0.1, -0.05) is 66.2 Å². The molecule has 0 saturated carbocycles. The third-order valence-corrected chi connectivity index (χ3v) is 7.54. The fourth-order valence-corrected chi connectivity index (χ4v) is 5.85. The Balaban J connectivity index is 1.45. The van der Waals surface area contributed by atoms with Crippen LogP contribution in [0, 0.1) is 0 Å². The molecule has 0 aliphatic carbocycles. The molecule has 1 N–H and O–H groups in total. The summed E-state index contributed by atoms with van der Waals surface area (Å²) in [4.78, 5) is 26.1. The Morgan fingerprint density at radius 1 is 0.879 bits per heavy atom. The smallest absolute Gasteiger partial charge is 0.265 e. The molecule has 0 atom stereocenters. The van der Waals surface area contributed by atoms with Gasteiger partial charge in [0.25, 0.3) is 10.0 Å². The molecule has 5 rings (SSSR count). The zero-order chi connectivity index (χ0) is 23.2. The normalized spacial score (nSPS) is 13.8. The van der Waals surface area contributed by atoms with E-state index in [-0.39, 0.29) is 21.9 Å². The summed E-state index contributed by atoms with van der Waals surface area (Å²) in [6.45, 7) is -0.433. The second-order valence-electron chi connectivity index (χ2n) is 7.58. The minimum atomic E-state index is -3.88. The molecule has 4 aromatic rings. The van der Waals surface area contributed by atoms with E-state index >= 15 is 0 Å². The maximum atomic E-state index is 13.1. The molecule has 1 heterocycles. The molecular formula is C25H17ClN2O4S. The number of hydrogen-bond donors (Lipinski definition) is 1. The predicted molar refractivity (Wildman–Crippen MR) is 128 cm³/mol. The van der Waals surface area contributed by atoms with Crippen molar-refractivity contribution in [3.05, 3.63) is 101 Å². The molecule has 0 unspecified atom stereocenters. The first-order valence-corrected chi connectivity index (χ1v) is 11.9. The van der Waals surface area contributed by atoms with Gasteiger partial charge in [0.2, 0.25) is 5.91 Å². The zero-order valence-corrected chi connectivity index (χ0v) is 18.7. The lowest BCUT2D eigenvalue weighted by molar-refractivity contribution is -0.114. The molecule has 6 nitrogen and oxygen atoms in total. The Hall–Kier alpha value is -3.68. The monoisotopic (exact) mass is 476 g/mol. The van der Waals surface area contributed by atoms with E-state index in [1.165, 1.54) is 18.2 Å². The van der Waals surface area contributed by atoms with Gasteiger partial charge >= 0.3 is 0 Å². The van der Waals surface area contributed by atoms with Gasteiger partial charge in [0.1, 0.15) is 6.54 Å². The molecule has 0 fully saturated rings. The molecule has 0 spiro atoms. The summed E-state index contributed by atoms with van der Waals surface area (Å²) >= 11 is 6.10. The fraction of sp³-hybridized carbons (Fsp3) is 0.0400. The molecule has 0 saturated heterocycles. The number of nitrogens with zero attached hydrogens (tertiary/aromatic N) is 1. The van der Waals surface area contributed by atoms with Crippen molar-refractivity contribution in [2.75, 3.05) is 16.2 Å². The molecule has 1 amide bonds. The lowest BCUT2D eigenvalue weighted by Gasteiger charge is -2.19. The first-order chi connectivity index (χ1) is 15.9. The van der Waals surface area contributed by atoms with Crippen molar-refractivity contribution in [2.24, 2.45) is 0 Å². The minimum absolute atomic E-state index is 0.176. The summed E-state index contributed by atoms with van der Waals surface area (Å²) in [7, 11) is -3.88. The number of carbonyl (C=O) groups excluding carboxylic acids is 2. The maximum absolute atomic E-state index is 13.1. The SMILES string of the molecule is O=C(CN1c2cccc3cccc(c23)S1(=O)=O)Nc1ccc(Cl)cc1C(=O)c1ccccc1. The van der Waals surface area contributed by atoms with Gasteiger partial charge < -0.3 is 5.32 Å². The first kappa shape index (κ1) is 21.2. The lowest BCUT2D eigenvalue weighted by atomic mass is 10.0. The maximum Gasteiger partial charge on any atom is 0.265 e. The second kappa shape index (κ2) is 8.03. The van der Waals surface area contributed by atoms with Gasteiger partial charge in [-0.25, -0.2) is 8.42 Å². The Morgan fingerprint density at radius 2 is 1.61 bits per heavy atom. The summed E-state index contributed by atoms with van der Waals surface area (Å²) in [6.07, 6.45) is 0. The Kier molecular flexibility index (Phi) is 5.15. The highest BCUT2D eigenvalue weighted by molar-refractivity contribution is 7.93. The molecular weight excluding hydrogens is 460 g/mol. The van der Waals surface area contributed by atoms with E-state index in [0.717, 1.165) is 9.69 Å². The van der Waals surface area contributed by atoms with Gasteiger partial charge in [-0.3, -0.25) is 13.9 Å². The summed E-state index contributed by atoms with van der Waals surface area (Å²) in [5, 5.41) is 4.41. The van der Waals surface area contributed by atoms with Gasteiger partial charge in [-0.05, 0) is 35.7 Å². The predicted octanol–water partition coefficient (Wildman–Crippen LogP) is 4.87. The minimum Gasteiger partial charge on any atom is -0.324 e. The molecule has 0 bridgehead atoms. The summed E-state index contributed by atoms with van der Waals surface area (Å²) in [6, 6.07) is 23.5. The van der Waals surface area contributed by atoms with E-state index in [0.29, 0.717) is 21.7 Å². The summed E-state index contributed by atoms with van der Waals surface area (Å²) < 4.78 is 27.4. The van der Waals surface area contributed by atoms with Crippen molar-refractivity contribution < 1.29 is 18.0 Å². The van der Waals surface area contributed by atoms with Crippen LogP contribution in [-0.4, -0.2) is 26.7 Å². The average molecular weight is 477 g/mol. The number of ketones is 1. The van der Waals surface area contributed by atoms with Crippen LogP contribution in [0.3, 0.4) is 0 Å². The Bertz CT molecular complexity index is 1530. The number of carbonyl (C=O) groups is 2.